The summed E-state index contributed by atoms with van der Waals surface area (Å²) >= 11 is 0. The lowest BCUT2D eigenvalue weighted by Gasteiger charge is -2.45. The maximum atomic E-state index is 14.5. The number of piperidine rings is 1. The number of nitro benzene ring substituents is 1. The van der Waals surface area contributed by atoms with Gasteiger partial charge in [0.1, 0.15) is 11.3 Å². The third-order valence-corrected chi connectivity index (χ3v) is 10.3. The molecule has 5 rings (SSSR count). The first-order valence-electron chi connectivity index (χ1n) is 16.7. The Morgan fingerprint density at radius 2 is 1.85 bits per heavy atom. The summed E-state index contributed by atoms with van der Waals surface area (Å²) in [7, 11) is 4.34. The fourth-order valence-electron chi connectivity index (χ4n) is 7.98. The van der Waals surface area contributed by atoms with Crippen LogP contribution >= 0.6 is 0 Å². The van der Waals surface area contributed by atoms with Gasteiger partial charge in [-0.15, -0.1) is 0 Å². The third-order valence-electron chi connectivity index (χ3n) is 10.3. The van der Waals surface area contributed by atoms with Crippen molar-refractivity contribution in [3.05, 3.63) is 75.5 Å². The lowest BCUT2D eigenvalue weighted by Crippen LogP contribution is -2.55. The van der Waals surface area contributed by atoms with Crippen LogP contribution in [-0.4, -0.2) is 81.3 Å². The molecule has 0 saturated carbocycles. The minimum Gasteiger partial charge on any atom is -0.504 e. The van der Waals surface area contributed by atoms with E-state index in [0.29, 0.717) is 30.7 Å². The Hall–Kier alpha value is -4.45. The maximum absolute atomic E-state index is 14.5. The zero-order valence-corrected chi connectivity index (χ0v) is 28.1. The number of hydrogen-bond donors (Lipinski definition) is 0. The first-order chi connectivity index (χ1) is 23.2. The van der Waals surface area contributed by atoms with Gasteiger partial charge in [0.05, 0.1) is 50.1 Å². The molecule has 4 atom stereocenters. The summed E-state index contributed by atoms with van der Waals surface area (Å²) in [6.45, 7) is 4.46. The average molecular weight is 664 g/mol. The molecule has 2 aromatic carbocycles. The molecule has 3 aliphatic heterocycles. The van der Waals surface area contributed by atoms with E-state index in [2.05, 4.69) is 17.9 Å². The number of ether oxygens (including phenoxy) is 4. The number of fused-ring (bicyclic) bond motifs is 4. The molecule has 48 heavy (non-hydrogen) atoms. The number of methoxy groups -OCH3 is 3. The van der Waals surface area contributed by atoms with Crippen LogP contribution < -0.4 is 9.64 Å². The van der Waals surface area contributed by atoms with E-state index in [1.54, 1.807) is 0 Å². The van der Waals surface area contributed by atoms with Crippen LogP contribution in [0.4, 0.5) is 11.4 Å². The topological polar surface area (TPSA) is 138 Å². The Morgan fingerprint density at radius 3 is 2.56 bits per heavy atom. The lowest BCUT2D eigenvalue weighted by atomic mass is 9.67. The summed E-state index contributed by atoms with van der Waals surface area (Å²) in [5.74, 6) is -0.546. The van der Waals surface area contributed by atoms with Crippen molar-refractivity contribution in [3.63, 3.8) is 0 Å². The minimum absolute atomic E-state index is 0.0519. The Kier molecular flexibility index (Phi) is 11.0. The number of unbranched alkanes of at least 4 members (excludes halogenated alkanes) is 3. The molecule has 3 heterocycles. The molecule has 0 aromatic heterocycles. The van der Waals surface area contributed by atoms with Crippen molar-refractivity contribution in [1.29, 1.82) is 0 Å². The molecule has 2 fully saturated rings. The summed E-state index contributed by atoms with van der Waals surface area (Å²) in [5.41, 5.74) is 1.38. The van der Waals surface area contributed by atoms with Gasteiger partial charge in [-0.2, -0.15) is 0 Å². The second-order valence-electron chi connectivity index (χ2n) is 12.7. The molecule has 0 aliphatic carbocycles. The number of carbonyl (C=O) groups excluding carboxylic acids is 3. The van der Waals surface area contributed by atoms with Crippen LogP contribution in [0.15, 0.2) is 54.3 Å². The highest BCUT2D eigenvalue weighted by atomic mass is 16.6. The number of para-hydroxylation sites is 1. The molecule has 0 radical (unpaired) electrons. The van der Waals surface area contributed by atoms with Crippen LogP contribution in [0, 0.1) is 22.0 Å². The third kappa shape index (κ3) is 6.50. The van der Waals surface area contributed by atoms with Gasteiger partial charge in [0.25, 0.3) is 5.69 Å². The number of hydrogen-bond acceptors (Lipinski definition) is 10. The van der Waals surface area contributed by atoms with Crippen LogP contribution in [-0.2, 0) is 29.2 Å². The van der Waals surface area contributed by atoms with Gasteiger partial charge < -0.3 is 23.8 Å². The van der Waals surface area contributed by atoms with Gasteiger partial charge >= 0.3 is 11.9 Å². The van der Waals surface area contributed by atoms with E-state index < -0.39 is 22.3 Å². The molecular weight excluding hydrogens is 618 g/mol. The first-order valence-corrected chi connectivity index (χ1v) is 16.7. The molecule has 0 bridgehead atoms. The molecular formula is C36H45N3O9. The second-order valence-corrected chi connectivity index (χ2v) is 12.7. The van der Waals surface area contributed by atoms with Gasteiger partial charge in [0.2, 0.25) is 5.91 Å². The number of rotatable bonds is 14. The highest BCUT2D eigenvalue weighted by Gasteiger charge is 2.62. The number of carbonyl (C=O) groups is 3. The van der Waals surface area contributed by atoms with Crippen LogP contribution in [0.5, 0.6) is 5.75 Å². The Morgan fingerprint density at radius 1 is 1.08 bits per heavy atom. The number of amides is 1. The molecule has 1 spiro atoms. The van der Waals surface area contributed by atoms with Gasteiger partial charge in [-0.25, -0.2) is 9.59 Å². The first kappa shape index (κ1) is 34.9. The van der Waals surface area contributed by atoms with Crippen molar-refractivity contribution >= 4 is 29.2 Å². The zero-order valence-electron chi connectivity index (χ0n) is 28.1. The Labute approximate surface area is 281 Å². The van der Waals surface area contributed by atoms with Gasteiger partial charge in [-0.1, -0.05) is 38.0 Å². The normalized spacial score (nSPS) is 23.5. The van der Waals surface area contributed by atoms with Crippen molar-refractivity contribution in [2.45, 2.75) is 63.3 Å². The maximum Gasteiger partial charge on any atom is 0.345 e. The number of nitro groups is 1. The van der Waals surface area contributed by atoms with Gasteiger partial charge in [-0.05, 0) is 68.2 Å². The summed E-state index contributed by atoms with van der Waals surface area (Å²) in [5, 5.41) is 11.4. The highest BCUT2D eigenvalue weighted by Crippen LogP contribution is 2.55. The molecule has 2 aromatic rings. The molecule has 0 N–H and O–H groups in total. The number of esters is 2. The molecule has 258 valence electrons. The van der Waals surface area contributed by atoms with E-state index in [4.69, 9.17) is 18.9 Å². The van der Waals surface area contributed by atoms with Crippen LogP contribution in [0.25, 0.3) is 0 Å². The highest BCUT2D eigenvalue weighted by molar-refractivity contribution is 6.09. The Balaban J connectivity index is 1.21. The van der Waals surface area contributed by atoms with Crippen LogP contribution in [0.3, 0.4) is 0 Å². The van der Waals surface area contributed by atoms with Crippen LogP contribution in [0.1, 0.15) is 67.8 Å². The van der Waals surface area contributed by atoms with E-state index in [0.717, 1.165) is 56.4 Å². The summed E-state index contributed by atoms with van der Waals surface area (Å²) in [6, 6.07) is 12.0. The zero-order chi connectivity index (χ0) is 34.4. The molecule has 1 amide bonds. The summed E-state index contributed by atoms with van der Waals surface area (Å²) < 4.78 is 20.9. The number of nitrogens with zero attached hydrogens (tertiary/aromatic N) is 3. The van der Waals surface area contributed by atoms with E-state index >= 15 is 0 Å². The Bertz CT molecular complexity index is 1560. The van der Waals surface area contributed by atoms with E-state index in [1.165, 1.54) is 45.8 Å². The van der Waals surface area contributed by atoms with Gasteiger partial charge in [0, 0.05) is 37.0 Å². The predicted molar refractivity (Wildman–Crippen MR) is 178 cm³/mol. The van der Waals surface area contributed by atoms with Gasteiger partial charge in [0.15, 0.2) is 0 Å². The van der Waals surface area contributed by atoms with Crippen molar-refractivity contribution in [1.82, 2.24) is 4.90 Å². The lowest BCUT2D eigenvalue weighted by molar-refractivity contribution is -0.385. The van der Waals surface area contributed by atoms with Crippen LogP contribution in [0.2, 0.25) is 0 Å². The predicted octanol–water partition coefficient (Wildman–Crippen LogP) is 5.43. The SMILES string of the molecule is CC[C@H]1CN2CC[C@]3(C(=O)N(CCCCCCOC(=O)c4cc(OC)ccc4[N+](=O)[O-])c4ccccc43)C2C[C@@H]1/C(=C\OC)C(=O)OC. The van der Waals surface area contributed by atoms with Crippen molar-refractivity contribution in [2.75, 3.05) is 52.5 Å². The van der Waals surface area contributed by atoms with E-state index in [-0.39, 0.29) is 41.6 Å². The summed E-state index contributed by atoms with van der Waals surface area (Å²) in [6.07, 6.45) is 6.74. The average Bonchev–Trinajstić information content (AvgIpc) is 3.60. The van der Waals surface area contributed by atoms with E-state index in [9.17, 15) is 24.5 Å². The fraction of sp³-hybridized carbons (Fsp3) is 0.528. The van der Waals surface area contributed by atoms with Crippen molar-refractivity contribution in [2.24, 2.45) is 11.8 Å². The standard InChI is InChI=1S/C36H45N3O9/c1-5-24-22-37-18-16-36(32(37)21-26(24)28(23-45-2)33(40)47-4)29-12-8-9-13-31(29)38(35(36)42)17-10-6-7-11-19-48-34(41)27-20-25(46-3)14-15-30(27)39(43)44/h8-9,12-15,20,23-24,26,32H,5-7,10-11,16-19,21-22H2,1-4H3/b28-23+/t24-,26-,32?,36+/m0/s1. The quantitative estimate of drug-likeness (QED) is 0.0643. The molecule has 1 unspecified atom stereocenters. The van der Waals surface area contributed by atoms with E-state index in [1.807, 2.05) is 23.1 Å². The summed E-state index contributed by atoms with van der Waals surface area (Å²) in [4.78, 5) is 55.1. The van der Waals surface area contributed by atoms with Gasteiger partial charge in [-0.3, -0.25) is 19.8 Å². The minimum atomic E-state index is -0.762. The molecule has 2 saturated heterocycles. The molecule has 12 heteroatoms. The van der Waals surface area contributed by atoms with Crippen molar-refractivity contribution < 1.29 is 38.3 Å². The molecule has 3 aliphatic rings. The van der Waals surface area contributed by atoms with Crippen molar-refractivity contribution in [3.8, 4) is 5.75 Å². The smallest absolute Gasteiger partial charge is 0.345 e. The second kappa shape index (κ2) is 15.2. The fourth-order valence-corrected chi connectivity index (χ4v) is 7.98. The number of anilines is 1. The number of benzene rings is 2. The largest absolute Gasteiger partial charge is 0.504 e. The molecule has 12 nitrogen and oxygen atoms in total. The monoisotopic (exact) mass is 663 g/mol.